The lowest BCUT2D eigenvalue weighted by molar-refractivity contribution is -0.387. The maximum atomic E-state index is 11.5. The Morgan fingerprint density at radius 2 is 1.62 bits per heavy atom. The van der Waals surface area contributed by atoms with Gasteiger partial charge in [0, 0.05) is 33.7 Å². The Bertz CT molecular complexity index is 1070. The summed E-state index contributed by atoms with van der Waals surface area (Å²) in [5, 5.41) is 26.7. The van der Waals surface area contributed by atoms with Crippen molar-refractivity contribution in [2.24, 2.45) is 5.10 Å². The molecule has 8 nitrogen and oxygen atoms in total. The number of nitrogens with zero attached hydrogens (tertiary/aromatic N) is 3. The monoisotopic (exact) mass is 428 g/mol. The van der Waals surface area contributed by atoms with Gasteiger partial charge in [0.2, 0.25) is 0 Å². The maximum absolute atomic E-state index is 11.5. The fraction of sp³-hybridized carbons (Fsp3) is 0. The van der Waals surface area contributed by atoms with Crippen molar-refractivity contribution in [3.8, 4) is 0 Å². The standard InChI is InChI=1S/C19H13ClN4O4S/c20-14-2-8-17(9-3-14)29-19-10-1-13(11-18(19)24(27)28)12-21-22-15-4-6-16(7-5-15)23(25)26/h1-12,22H. The first-order valence-electron chi connectivity index (χ1n) is 8.18. The predicted octanol–water partition coefficient (Wildman–Crippen LogP) is 5.75. The SMILES string of the molecule is O=[N+]([O-])c1ccc(NN=Cc2ccc(Sc3ccc(Cl)cc3)c([N+](=O)[O-])c2)cc1. The normalized spacial score (nSPS) is 10.8. The summed E-state index contributed by atoms with van der Waals surface area (Å²) in [5.41, 5.74) is 3.75. The first-order chi connectivity index (χ1) is 13.9. The van der Waals surface area contributed by atoms with Crippen LogP contribution < -0.4 is 5.43 Å². The molecule has 0 fully saturated rings. The lowest BCUT2D eigenvalue weighted by Crippen LogP contribution is -1.95. The highest BCUT2D eigenvalue weighted by atomic mass is 35.5. The summed E-state index contributed by atoms with van der Waals surface area (Å²) in [5.74, 6) is 0. The second-order valence-corrected chi connectivity index (χ2v) is 7.27. The molecule has 0 amide bonds. The number of benzene rings is 3. The lowest BCUT2D eigenvalue weighted by Gasteiger charge is -2.04. The molecule has 0 atom stereocenters. The highest BCUT2D eigenvalue weighted by Crippen LogP contribution is 2.35. The summed E-state index contributed by atoms with van der Waals surface area (Å²) >= 11 is 7.13. The summed E-state index contributed by atoms with van der Waals surface area (Å²) in [6.45, 7) is 0. The number of hydrogen-bond donors (Lipinski definition) is 1. The van der Waals surface area contributed by atoms with Gasteiger partial charge < -0.3 is 0 Å². The number of rotatable bonds is 7. The van der Waals surface area contributed by atoms with Crippen molar-refractivity contribution < 1.29 is 9.85 Å². The van der Waals surface area contributed by atoms with Gasteiger partial charge in [-0.3, -0.25) is 25.7 Å². The van der Waals surface area contributed by atoms with E-state index in [0.717, 1.165) is 4.90 Å². The number of nitrogens with one attached hydrogen (secondary N) is 1. The molecule has 1 N–H and O–H groups in total. The molecule has 0 heterocycles. The number of hydrazone groups is 1. The molecule has 3 aromatic carbocycles. The minimum atomic E-state index is -0.490. The largest absolute Gasteiger partial charge is 0.283 e. The van der Waals surface area contributed by atoms with E-state index in [1.807, 2.05) is 0 Å². The second kappa shape index (κ2) is 9.18. The molecule has 29 heavy (non-hydrogen) atoms. The van der Waals surface area contributed by atoms with Crippen LogP contribution in [0.25, 0.3) is 0 Å². The average Bonchev–Trinajstić information content (AvgIpc) is 2.71. The summed E-state index contributed by atoms with van der Waals surface area (Å²) < 4.78 is 0. The quantitative estimate of drug-likeness (QED) is 0.291. The minimum absolute atomic E-state index is 0.0241. The van der Waals surface area contributed by atoms with Crippen LogP contribution in [0.15, 0.2) is 81.6 Å². The Hall–Kier alpha value is -3.43. The van der Waals surface area contributed by atoms with Crippen LogP contribution in [0.4, 0.5) is 17.1 Å². The Labute approximate surface area is 174 Å². The molecule has 0 aromatic heterocycles. The zero-order valence-corrected chi connectivity index (χ0v) is 16.3. The van der Waals surface area contributed by atoms with E-state index >= 15 is 0 Å². The van der Waals surface area contributed by atoms with E-state index in [1.54, 1.807) is 36.4 Å². The molecule has 0 spiro atoms. The van der Waals surface area contributed by atoms with Crippen molar-refractivity contribution in [1.29, 1.82) is 0 Å². The summed E-state index contributed by atoms with van der Waals surface area (Å²) in [6.07, 6.45) is 1.44. The van der Waals surface area contributed by atoms with E-state index in [0.29, 0.717) is 21.2 Å². The zero-order valence-electron chi connectivity index (χ0n) is 14.7. The van der Waals surface area contributed by atoms with Crippen molar-refractivity contribution in [2.75, 3.05) is 5.43 Å². The topological polar surface area (TPSA) is 111 Å². The van der Waals surface area contributed by atoms with Crippen LogP contribution in [0.2, 0.25) is 5.02 Å². The van der Waals surface area contributed by atoms with Gasteiger partial charge in [-0.05, 0) is 42.5 Å². The summed E-state index contributed by atoms with van der Waals surface area (Å²) in [7, 11) is 0. The van der Waals surface area contributed by atoms with E-state index in [2.05, 4.69) is 10.5 Å². The Kier molecular flexibility index (Phi) is 6.43. The van der Waals surface area contributed by atoms with Crippen LogP contribution in [0, 0.1) is 20.2 Å². The molecular weight excluding hydrogens is 416 g/mol. The molecular formula is C19H13ClN4O4S. The molecule has 3 rings (SSSR count). The van der Waals surface area contributed by atoms with E-state index < -0.39 is 9.85 Å². The van der Waals surface area contributed by atoms with Crippen molar-refractivity contribution in [3.63, 3.8) is 0 Å². The summed E-state index contributed by atoms with van der Waals surface area (Å²) in [4.78, 5) is 22.5. The first kappa shape index (κ1) is 20.3. The van der Waals surface area contributed by atoms with Gasteiger partial charge in [-0.1, -0.05) is 29.4 Å². The van der Waals surface area contributed by atoms with Crippen LogP contribution >= 0.6 is 23.4 Å². The van der Waals surface area contributed by atoms with Gasteiger partial charge in [0.05, 0.1) is 26.6 Å². The van der Waals surface area contributed by atoms with Crippen LogP contribution in [0.1, 0.15) is 5.56 Å². The number of hydrogen-bond acceptors (Lipinski definition) is 7. The van der Waals surface area contributed by atoms with E-state index in [1.165, 1.54) is 48.3 Å². The second-order valence-electron chi connectivity index (χ2n) is 5.71. The van der Waals surface area contributed by atoms with Crippen LogP contribution in [0.5, 0.6) is 0 Å². The number of halogens is 1. The van der Waals surface area contributed by atoms with Gasteiger partial charge in [-0.2, -0.15) is 5.10 Å². The molecule has 3 aromatic rings. The van der Waals surface area contributed by atoms with E-state index in [9.17, 15) is 20.2 Å². The highest BCUT2D eigenvalue weighted by molar-refractivity contribution is 7.99. The van der Waals surface area contributed by atoms with Crippen molar-refractivity contribution in [1.82, 2.24) is 0 Å². The molecule has 0 unspecified atom stereocenters. The molecule has 0 radical (unpaired) electrons. The van der Waals surface area contributed by atoms with Gasteiger partial charge in [-0.15, -0.1) is 0 Å². The maximum Gasteiger partial charge on any atom is 0.283 e. The van der Waals surface area contributed by atoms with Crippen molar-refractivity contribution >= 4 is 46.6 Å². The van der Waals surface area contributed by atoms with Crippen LogP contribution in [0.3, 0.4) is 0 Å². The van der Waals surface area contributed by atoms with Crippen LogP contribution in [-0.2, 0) is 0 Å². The molecule has 0 aliphatic rings. The molecule has 0 bridgehead atoms. The van der Waals surface area contributed by atoms with Crippen molar-refractivity contribution in [3.05, 3.63) is 97.5 Å². The Morgan fingerprint density at radius 1 is 0.931 bits per heavy atom. The van der Waals surface area contributed by atoms with Gasteiger partial charge in [0.25, 0.3) is 11.4 Å². The van der Waals surface area contributed by atoms with Crippen LogP contribution in [-0.4, -0.2) is 16.1 Å². The highest BCUT2D eigenvalue weighted by Gasteiger charge is 2.15. The minimum Gasteiger partial charge on any atom is -0.278 e. The fourth-order valence-electron chi connectivity index (χ4n) is 2.31. The smallest absolute Gasteiger partial charge is 0.278 e. The molecule has 0 aliphatic carbocycles. The van der Waals surface area contributed by atoms with Gasteiger partial charge in [-0.25, -0.2) is 0 Å². The molecule has 10 heteroatoms. The molecule has 0 saturated carbocycles. The fourth-order valence-corrected chi connectivity index (χ4v) is 3.34. The third-order valence-electron chi connectivity index (χ3n) is 3.71. The van der Waals surface area contributed by atoms with E-state index in [4.69, 9.17) is 11.6 Å². The molecule has 146 valence electrons. The van der Waals surface area contributed by atoms with E-state index in [-0.39, 0.29) is 11.4 Å². The lowest BCUT2D eigenvalue weighted by atomic mass is 10.2. The average molecular weight is 429 g/mol. The number of nitro groups is 2. The van der Waals surface area contributed by atoms with Gasteiger partial charge in [0.15, 0.2) is 0 Å². The van der Waals surface area contributed by atoms with Gasteiger partial charge in [0.1, 0.15) is 0 Å². The molecule has 0 aliphatic heterocycles. The number of anilines is 1. The predicted molar refractivity (Wildman–Crippen MR) is 113 cm³/mol. The third kappa shape index (κ3) is 5.53. The Morgan fingerprint density at radius 3 is 2.24 bits per heavy atom. The van der Waals surface area contributed by atoms with Crippen molar-refractivity contribution in [2.45, 2.75) is 9.79 Å². The molecule has 0 saturated heterocycles. The number of non-ortho nitro benzene ring substituents is 1. The zero-order chi connectivity index (χ0) is 20.8. The summed E-state index contributed by atoms with van der Waals surface area (Å²) in [6, 6.07) is 17.6. The Balaban J connectivity index is 1.73. The number of nitro benzene ring substituents is 2. The first-order valence-corrected chi connectivity index (χ1v) is 9.37. The third-order valence-corrected chi connectivity index (χ3v) is 5.03. The van der Waals surface area contributed by atoms with Gasteiger partial charge >= 0.3 is 0 Å².